The summed E-state index contributed by atoms with van der Waals surface area (Å²) in [6, 6.07) is -1.08. The molecule has 0 aromatic heterocycles. The van der Waals surface area contributed by atoms with Crippen molar-refractivity contribution in [3.8, 4) is 0 Å². The van der Waals surface area contributed by atoms with Crippen LogP contribution in [0.2, 0.25) is 0 Å². The van der Waals surface area contributed by atoms with Gasteiger partial charge in [-0.2, -0.15) is 0 Å². The molecule has 1 spiro atoms. The molecule has 16 nitrogen and oxygen atoms in total. The molecule has 3 heterocycles. The average Bonchev–Trinajstić information content (AvgIpc) is 3.48. The third-order valence-corrected chi connectivity index (χ3v) is 16.7. The van der Waals surface area contributed by atoms with Gasteiger partial charge in [0.1, 0.15) is 11.3 Å². The zero-order valence-electron chi connectivity index (χ0n) is 41.7. The summed E-state index contributed by atoms with van der Waals surface area (Å²) in [6.45, 7) is 21.7. The monoisotopic (exact) mass is 937 g/mol. The van der Waals surface area contributed by atoms with Gasteiger partial charge in [0, 0.05) is 53.5 Å². The minimum Gasteiger partial charge on any atom is -0.511 e. The summed E-state index contributed by atoms with van der Waals surface area (Å²) in [5.74, 6) is -3.37. The van der Waals surface area contributed by atoms with Crippen LogP contribution >= 0.6 is 0 Å². The van der Waals surface area contributed by atoms with Crippen molar-refractivity contribution in [3.05, 3.63) is 58.4 Å². The molecule has 0 radical (unpaired) electrons. The van der Waals surface area contributed by atoms with E-state index in [0.717, 1.165) is 23.1 Å². The molecule has 7 N–H and O–H groups in total. The van der Waals surface area contributed by atoms with Crippen molar-refractivity contribution in [2.45, 2.75) is 174 Å². The molecular weight excluding hydrogens is 861 g/mol. The van der Waals surface area contributed by atoms with Gasteiger partial charge in [0.05, 0.1) is 50.7 Å². The number of aliphatic hydroxyl groups excluding tert-OH is 1. The van der Waals surface area contributed by atoms with Crippen LogP contribution in [0.4, 0.5) is 9.59 Å². The number of fused-ring (bicyclic) bond motifs is 4. The number of allylic oxidation sites excluding steroid dienone is 4. The number of rotatable bonds is 6. The molecule has 7 rings (SSSR count). The first-order valence-electron chi connectivity index (χ1n) is 24.1. The second-order valence-corrected chi connectivity index (χ2v) is 21.8. The molecule has 67 heavy (non-hydrogen) atoms. The largest absolute Gasteiger partial charge is 0.511 e. The predicted octanol–water partition coefficient (Wildman–Crippen LogP) is 6.59. The van der Waals surface area contributed by atoms with Crippen LogP contribution in [0.3, 0.4) is 0 Å². The Balaban J connectivity index is 1.30. The van der Waals surface area contributed by atoms with Crippen molar-refractivity contribution in [3.63, 3.8) is 0 Å². The second-order valence-electron chi connectivity index (χ2n) is 21.8. The van der Waals surface area contributed by atoms with Crippen molar-refractivity contribution in [1.29, 1.82) is 0 Å². The third kappa shape index (κ3) is 9.15. The number of hydrogen-bond donors (Lipinski definition) is 5. The molecule has 1 saturated carbocycles. The molecule has 3 aliphatic heterocycles. The van der Waals surface area contributed by atoms with Gasteiger partial charge in [-0.25, -0.2) is 14.4 Å². The average molecular weight is 937 g/mol. The Hall–Kier alpha value is -4.06. The normalized spacial score (nSPS) is 45.5. The molecule has 0 aromatic carbocycles. The van der Waals surface area contributed by atoms with E-state index >= 15 is 4.79 Å². The zero-order valence-corrected chi connectivity index (χ0v) is 41.7. The lowest BCUT2D eigenvalue weighted by atomic mass is 9.49. The van der Waals surface area contributed by atoms with Crippen molar-refractivity contribution >= 4 is 23.9 Å². The Morgan fingerprint density at radius 3 is 1.88 bits per heavy atom. The SMILES string of the molecule is COC(=O)N[C@H]1[C@H](C)O[C@@H](O[C@@H]2[C@H]3C=C[C@H]4C(C)=CC[C@H](O[C@H]5C[C@](C)(N)[C@@H](NC(=O)OC)[C@@H](C)O5)C(C)=C[C@@H]5C=C(C)[C@H](C)C[C@]56OC(=O)C(=C(O)[C@@]4(C)[C@@H]3[C@@H](C)C[C@@H]2C)C6=O)C[C@]1(C)N. The molecule has 372 valence electrons. The number of ether oxygens (including phenoxy) is 7. The van der Waals surface area contributed by atoms with Gasteiger partial charge in [0.25, 0.3) is 0 Å². The molecule has 2 bridgehead atoms. The number of esters is 1. The molecule has 0 unspecified atom stereocenters. The topological polar surface area (TPSA) is 229 Å². The van der Waals surface area contributed by atoms with Crippen LogP contribution in [0.15, 0.2) is 58.4 Å². The van der Waals surface area contributed by atoms with Crippen molar-refractivity contribution in [2.24, 2.45) is 58.3 Å². The van der Waals surface area contributed by atoms with E-state index in [9.17, 15) is 19.5 Å². The van der Waals surface area contributed by atoms with Gasteiger partial charge in [-0.05, 0) is 90.6 Å². The Kier molecular flexibility index (Phi) is 14.2. The fourth-order valence-corrected chi connectivity index (χ4v) is 13.2. The Bertz CT molecular complexity index is 2130. The summed E-state index contributed by atoms with van der Waals surface area (Å²) < 4.78 is 42.8. The van der Waals surface area contributed by atoms with Gasteiger partial charge in [0.2, 0.25) is 5.78 Å². The number of hydrogen-bond acceptors (Lipinski definition) is 14. The van der Waals surface area contributed by atoms with Crippen LogP contribution in [-0.4, -0.2) is 109 Å². The Morgan fingerprint density at radius 2 is 1.33 bits per heavy atom. The van der Waals surface area contributed by atoms with E-state index in [4.69, 9.17) is 44.6 Å². The maximum atomic E-state index is 15.4. The second kappa shape index (κ2) is 18.7. The molecule has 3 saturated heterocycles. The van der Waals surface area contributed by atoms with Crippen LogP contribution in [0.25, 0.3) is 0 Å². The summed E-state index contributed by atoms with van der Waals surface area (Å²) >= 11 is 0. The van der Waals surface area contributed by atoms with Gasteiger partial charge < -0.3 is 60.4 Å². The standard InChI is InChI=1S/C51H76N4O12/c1-24-14-17-35(65-36-22-48(9,52)41(30(7)63-36)54-46(59)61-12)26(3)20-32-19-25(2)29(6)21-51(32)44(57)38(45(58)67-51)43(56)50(11)34(24)16-15-33-39(50)27(4)18-28(5)40(33)66-37-23-49(10,53)42(31(8)64-37)55-47(60)62-13/h14-16,19-20,27-37,39-42,56H,17-18,21-23,52-53H2,1-13H3,(H,54,59)(H,55,60)/t27-,28-,29+,30+,31-,32-,33-,34-,35-,36-,37-,39+,40-,41-,42-,48-,49-,50+,51-/m0/s1. The smallest absolute Gasteiger partial charge is 0.407 e. The summed E-state index contributed by atoms with van der Waals surface area (Å²) in [7, 11) is 2.60. The van der Waals surface area contributed by atoms with E-state index in [1.165, 1.54) is 14.2 Å². The van der Waals surface area contributed by atoms with Crippen LogP contribution in [0.5, 0.6) is 0 Å². The van der Waals surface area contributed by atoms with Gasteiger partial charge in [-0.1, -0.05) is 69.2 Å². The van der Waals surface area contributed by atoms with Gasteiger partial charge in [-0.15, -0.1) is 0 Å². The first kappa shape index (κ1) is 50.8. The number of carbonyl (C=O) groups excluding carboxylic acids is 4. The maximum Gasteiger partial charge on any atom is 0.407 e. The molecule has 4 aliphatic carbocycles. The summed E-state index contributed by atoms with van der Waals surface area (Å²) in [5.41, 5.74) is 11.6. The van der Waals surface area contributed by atoms with E-state index in [2.05, 4.69) is 42.7 Å². The minimum atomic E-state index is -1.60. The van der Waals surface area contributed by atoms with E-state index in [0.29, 0.717) is 6.42 Å². The number of aliphatic hydroxyl groups is 1. The van der Waals surface area contributed by atoms with Crippen molar-refractivity contribution in [2.75, 3.05) is 14.2 Å². The first-order chi connectivity index (χ1) is 31.3. The third-order valence-electron chi connectivity index (χ3n) is 16.7. The zero-order chi connectivity index (χ0) is 49.3. The van der Waals surface area contributed by atoms with Gasteiger partial charge in [0.15, 0.2) is 18.2 Å². The summed E-state index contributed by atoms with van der Waals surface area (Å²) in [4.78, 5) is 54.4. The quantitative estimate of drug-likeness (QED) is 0.0820. The van der Waals surface area contributed by atoms with Crippen molar-refractivity contribution < 1.29 is 57.4 Å². The summed E-state index contributed by atoms with van der Waals surface area (Å²) in [6.07, 6.45) is 7.61. The van der Waals surface area contributed by atoms with Crippen LogP contribution in [-0.2, 0) is 42.7 Å². The highest BCUT2D eigenvalue weighted by molar-refractivity contribution is 6.26. The highest BCUT2D eigenvalue weighted by Gasteiger charge is 2.63. The van der Waals surface area contributed by atoms with Gasteiger partial charge in [-0.3, -0.25) is 4.79 Å². The van der Waals surface area contributed by atoms with Crippen LogP contribution in [0, 0.1) is 46.8 Å². The maximum absolute atomic E-state index is 15.4. The molecule has 0 aromatic rings. The number of nitrogens with two attached hydrogens (primary N) is 2. The summed E-state index contributed by atoms with van der Waals surface area (Å²) in [5, 5.41) is 18.7. The Morgan fingerprint density at radius 1 is 0.776 bits per heavy atom. The molecule has 7 aliphatic rings. The number of nitrogens with one attached hydrogen (secondary N) is 2. The molecule has 4 fully saturated rings. The first-order valence-corrected chi connectivity index (χ1v) is 24.1. The van der Waals surface area contributed by atoms with Crippen LogP contribution in [0.1, 0.15) is 108 Å². The number of amides is 2. The lowest BCUT2D eigenvalue weighted by molar-refractivity contribution is -0.256. The number of alkyl carbamates (subject to hydrolysis) is 2. The molecular formula is C51H76N4O12. The molecule has 19 atom stereocenters. The van der Waals surface area contributed by atoms with E-state index in [-0.39, 0.29) is 60.2 Å². The lowest BCUT2D eigenvalue weighted by Crippen LogP contribution is -2.67. The Labute approximate surface area is 396 Å². The van der Waals surface area contributed by atoms with Crippen LogP contribution < -0.4 is 22.1 Å². The number of methoxy groups -OCH3 is 2. The highest BCUT2D eigenvalue weighted by Crippen LogP contribution is 2.61. The number of Topliss-reactive ketones (excluding diaryl/α,β-unsaturated/α-hetero) is 1. The number of ketones is 1. The van der Waals surface area contributed by atoms with E-state index in [1.807, 2.05) is 74.5 Å². The van der Waals surface area contributed by atoms with E-state index < -0.39 is 107 Å². The van der Waals surface area contributed by atoms with E-state index in [1.54, 1.807) is 0 Å². The fourth-order valence-electron chi connectivity index (χ4n) is 13.2. The predicted molar refractivity (Wildman–Crippen MR) is 249 cm³/mol. The highest BCUT2D eigenvalue weighted by atomic mass is 16.7. The number of carbonyl (C=O) groups is 4. The lowest BCUT2D eigenvalue weighted by Gasteiger charge is -2.57. The molecule has 16 heteroatoms. The fraction of sp³-hybridized carbons (Fsp3) is 0.725. The van der Waals surface area contributed by atoms with Crippen molar-refractivity contribution in [1.82, 2.24) is 10.6 Å². The van der Waals surface area contributed by atoms with Gasteiger partial charge >= 0.3 is 18.2 Å². The molecule has 2 amide bonds. The minimum absolute atomic E-state index is 0.00571.